The van der Waals surface area contributed by atoms with Crippen molar-refractivity contribution < 1.29 is 9.13 Å². The van der Waals surface area contributed by atoms with E-state index in [1.54, 1.807) is 12.1 Å². The van der Waals surface area contributed by atoms with Gasteiger partial charge in [-0.3, -0.25) is 0 Å². The molecule has 4 heteroatoms. The number of nitrogens with zero attached hydrogens (tertiary/aromatic N) is 1. The maximum atomic E-state index is 13.8. The van der Waals surface area contributed by atoms with Crippen LogP contribution in [-0.4, -0.2) is 6.61 Å². The highest BCUT2D eigenvalue weighted by molar-refractivity contribution is 9.10. The van der Waals surface area contributed by atoms with Gasteiger partial charge in [0.25, 0.3) is 0 Å². The fourth-order valence-electron chi connectivity index (χ4n) is 1.81. The summed E-state index contributed by atoms with van der Waals surface area (Å²) in [7, 11) is 0. The van der Waals surface area contributed by atoms with Gasteiger partial charge in [0.2, 0.25) is 0 Å². The molecule has 0 aromatic heterocycles. The summed E-state index contributed by atoms with van der Waals surface area (Å²) in [6.07, 6.45) is 6.97. The summed E-state index contributed by atoms with van der Waals surface area (Å²) in [4.78, 5) is 0. The summed E-state index contributed by atoms with van der Waals surface area (Å²) >= 11 is 3.14. The summed E-state index contributed by atoms with van der Waals surface area (Å²) < 4.78 is 19.7. The van der Waals surface area contributed by atoms with Crippen LogP contribution in [0, 0.1) is 17.1 Å². The number of hydrogen-bond donors (Lipinski definition) is 0. The maximum Gasteiger partial charge on any atom is 0.183 e. The van der Waals surface area contributed by atoms with E-state index in [1.165, 1.54) is 25.7 Å². The Morgan fingerprint density at radius 1 is 1.21 bits per heavy atom. The molecule has 0 aliphatic rings. The lowest BCUT2D eigenvalue weighted by Crippen LogP contribution is -2.01. The molecule has 0 aliphatic heterocycles. The predicted molar refractivity (Wildman–Crippen MR) is 77.7 cm³/mol. The van der Waals surface area contributed by atoms with E-state index in [2.05, 4.69) is 22.9 Å². The maximum absolute atomic E-state index is 13.8. The van der Waals surface area contributed by atoms with Crippen molar-refractivity contribution in [1.29, 1.82) is 5.26 Å². The van der Waals surface area contributed by atoms with Crippen LogP contribution in [0.15, 0.2) is 16.6 Å². The molecular weight excluding hydrogens is 309 g/mol. The van der Waals surface area contributed by atoms with Crippen LogP contribution in [0.1, 0.15) is 51.0 Å². The van der Waals surface area contributed by atoms with Crippen molar-refractivity contribution in [2.75, 3.05) is 6.61 Å². The van der Waals surface area contributed by atoms with Crippen LogP contribution < -0.4 is 4.74 Å². The van der Waals surface area contributed by atoms with Crippen molar-refractivity contribution in [1.82, 2.24) is 0 Å². The number of rotatable bonds is 8. The van der Waals surface area contributed by atoms with E-state index in [4.69, 9.17) is 10.00 Å². The van der Waals surface area contributed by atoms with E-state index >= 15 is 0 Å². The highest BCUT2D eigenvalue weighted by Gasteiger charge is 2.12. The van der Waals surface area contributed by atoms with Crippen LogP contribution in [-0.2, 0) is 0 Å². The molecule has 0 atom stereocenters. The lowest BCUT2D eigenvalue weighted by atomic mass is 10.1. The average molecular weight is 328 g/mol. The molecule has 1 aromatic carbocycles. The Morgan fingerprint density at radius 3 is 2.58 bits per heavy atom. The minimum absolute atomic E-state index is 0.000413. The molecule has 0 spiro atoms. The van der Waals surface area contributed by atoms with Crippen LogP contribution in [0.4, 0.5) is 4.39 Å². The van der Waals surface area contributed by atoms with Crippen LogP contribution in [0.2, 0.25) is 0 Å². The van der Waals surface area contributed by atoms with Gasteiger partial charge in [-0.05, 0) is 34.5 Å². The third-order valence-corrected chi connectivity index (χ3v) is 3.58. The molecule has 0 radical (unpaired) electrons. The largest absolute Gasteiger partial charge is 0.490 e. The number of benzene rings is 1. The molecule has 0 heterocycles. The Kier molecular flexibility index (Phi) is 7.50. The molecular formula is C15H19BrFNO. The Labute approximate surface area is 122 Å². The lowest BCUT2D eigenvalue weighted by molar-refractivity contribution is 0.289. The van der Waals surface area contributed by atoms with Crippen LogP contribution in [0.25, 0.3) is 0 Å². The minimum Gasteiger partial charge on any atom is -0.490 e. The summed E-state index contributed by atoms with van der Waals surface area (Å²) in [6.45, 7) is 2.68. The first kappa shape index (κ1) is 16.0. The third kappa shape index (κ3) is 5.20. The second-order valence-corrected chi connectivity index (χ2v) is 5.32. The highest BCUT2D eigenvalue weighted by atomic mass is 79.9. The average Bonchev–Trinajstić information content (AvgIpc) is 2.40. The molecule has 0 amide bonds. The smallest absolute Gasteiger partial charge is 0.183 e. The van der Waals surface area contributed by atoms with Crippen molar-refractivity contribution >= 4 is 15.9 Å². The van der Waals surface area contributed by atoms with Crippen LogP contribution in [0.3, 0.4) is 0 Å². The Bertz CT molecular complexity index is 443. The van der Waals surface area contributed by atoms with Crippen molar-refractivity contribution in [3.63, 3.8) is 0 Å². The van der Waals surface area contributed by atoms with Crippen molar-refractivity contribution in [2.24, 2.45) is 0 Å². The van der Waals surface area contributed by atoms with Crippen molar-refractivity contribution in [3.05, 3.63) is 28.0 Å². The summed E-state index contributed by atoms with van der Waals surface area (Å²) in [5, 5.41) is 8.84. The summed E-state index contributed by atoms with van der Waals surface area (Å²) in [6, 6.07) is 5.02. The molecule has 0 unspecified atom stereocenters. The number of hydrogen-bond acceptors (Lipinski definition) is 2. The topological polar surface area (TPSA) is 33.0 Å². The van der Waals surface area contributed by atoms with E-state index in [-0.39, 0.29) is 11.3 Å². The monoisotopic (exact) mass is 327 g/mol. The van der Waals surface area contributed by atoms with Gasteiger partial charge in [0, 0.05) is 4.47 Å². The first-order valence-electron chi connectivity index (χ1n) is 6.71. The molecule has 0 N–H and O–H groups in total. The van der Waals surface area contributed by atoms with Crippen LogP contribution in [0.5, 0.6) is 5.75 Å². The van der Waals surface area contributed by atoms with Gasteiger partial charge in [-0.25, -0.2) is 4.39 Å². The van der Waals surface area contributed by atoms with E-state index in [0.717, 1.165) is 12.8 Å². The van der Waals surface area contributed by atoms with E-state index in [1.807, 2.05) is 6.07 Å². The molecule has 0 bridgehead atoms. The second kappa shape index (κ2) is 8.92. The van der Waals surface area contributed by atoms with Crippen molar-refractivity contribution in [3.8, 4) is 11.8 Å². The van der Waals surface area contributed by atoms with E-state index in [0.29, 0.717) is 11.1 Å². The van der Waals surface area contributed by atoms with E-state index < -0.39 is 5.82 Å². The number of ether oxygens (including phenoxy) is 1. The SMILES string of the molecule is CCCCCCCCOc1ccc(Br)c(C#N)c1F. The van der Waals surface area contributed by atoms with Crippen LogP contribution >= 0.6 is 15.9 Å². The Hall–Kier alpha value is -1.08. The number of nitriles is 1. The lowest BCUT2D eigenvalue weighted by Gasteiger charge is -2.08. The van der Waals surface area contributed by atoms with E-state index in [9.17, 15) is 4.39 Å². The summed E-state index contributed by atoms with van der Waals surface area (Å²) in [5.41, 5.74) is 0.000413. The van der Waals surface area contributed by atoms with Gasteiger partial charge in [0.1, 0.15) is 11.6 Å². The standard InChI is InChI=1S/C15H19BrFNO/c1-2-3-4-5-6-7-10-19-14-9-8-13(16)12(11-18)15(14)17/h8-9H,2-7,10H2,1H3. The number of halogens is 2. The Balaban J connectivity index is 2.36. The third-order valence-electron chi connectivity index (χ3n) is 2.92. The summed E-state index contributed by atoms with van der Waals surface area (Å²) in [5.74, 6) is -0.420. The fraction of sp³-hybridized carbons (Fsp3) is 0.533. The molecule has 0 aliphatic carbocycles. The van der Waals surface area contributed by atoms with Gasteiger partial charge >= 0.3 is 0 Å². The zero-order chi connectivity index (χ0) is 14.1. The van der Waals surface area contributed by atoms with Gasteiger partial charge in [-0.1, -0.05) is 39.0 Å². The quantitative estimate of drug-likeness (QED) is 0.615. The van der Waals surface area contributed by atoms with Gasteiger partial charge in [-0.2, -0.15) is 5.26 Å². The van der Waals surface area contributed by atoms with Gasteiger partial charge < -0.3 is 4.74 Å². The zero-order valence-corrected chi connectivity index (χ0v) is 12.8. The van der Waals surface area contributed by atoms with Gasteiger partial charge in [-0.15, -0.1) is 0 Å². The molecule has 1 aromatic rings. The molecule has 104 valence electrons. The molecule has 0 saturated heterocycles. The molecule has 2 nitrogen and oxygen atoms in total. The van der Waals surface area contributed by atoms with Crippen molar-refractivity contribution in [2.45, 2.75) is 45.4 Å². The molecule has 19 heavy (non-hydrogen) atoms. The normalized spacial score (nSPS) is 10.2. The fourth-order valence-corrected chi connectivity index (χ4v) is 2.21. The predicted octanol–water partition coefficient (Wildman–Crippen LogP) is 5.20. The molecule has 0 saturated carbocycles. The molecule has 0 fully saturated rings. The zero-order valence-electron chi connectivity index (χ0n) is 11.2. The Morgan fingerprint density at radius 2 is 1.89 bits per heavy atom. The van der Waals surface area contributed by atoms with Gasteiger partial charge in [0.15, 0.2) is 11.6 Å². The second-order valence-electron chi connectivity index (χ2n) is 4.46. The first-order chi connectivity index (χ1) is 9.20. The minimum atomic E-state index is -0.581. The molecule has 1 rings (SSSR count). The first-order valence-corrected chi connectivity index (χ1v) is 7.51. The highest BCUT2D eigenvalue weighted by Crippen LogP contribution is 2.27. The number of unbranched alkanes of at least 4 members (excludes halogenated alkanes) is 5. The van der Waals surface area contributed by atoms with Gasteiger partial charge in [0.05, 0.1) is 6.61 Å².